The van der Waals surface area contributed by atoms with E-state index in [0.29, 0.717) is 0 Å². The molecule has 0 spiro atoms. The smallest absolute Gasteiger partial charge is 0.0351 e. The van der Waals surface area contributed by atoms with E-state index in [1.54, 1.807) is 11.3 Å². The van der Waals surface area contributed by atoms with Gasteiger partial charge in [0.1, 0.15) is 0 Å². The van der Waals surface area contributed by atoms with Crippen molar-refractivity contribution in [3.63, 3.8) is 0 Å². The highest BCUT2D eigenvalue weighted by atomic mass is 35.5. The predicted molar refractivity (Wildman–Crippen MR) is 65.5 cm³/mol. The minimum absolute atomic E-state index is 0.740. The maximum absolute atomic E-state index is 5.75. The molecule has 1 nitrogen and oxygen atoms in total. The zero-order valence-corrected chi connectivity index (χ0v) is 10.3. The number of alkyl halides is 1. The number of rotatable bonds is 7. The molecule has 1 heterocycles. The number of nitrogens with zero attached hydrogens (tertiary/aromatic N) is 1. The molecule has 0 aromatic carbocycles. The fourth-order valence-corrected chi connectivity index (χ4v) is 2.44. The number of halogens is 1. The van der Waals surface area contributed by atoms with E-state index in [1.165, 1.54) is 12.0 Å². The molecule has 1 aromatic heterocycles. The van der Waals surface area contributed by atoms with Crippen LogP contribution in [-0.2, 0) is 6.42 Å². The van der Waals surface area contributed by atoms with Crippen LogP contribution in [0.3, 0.4) is 0 Å². The minimum Gasteiger partial charge on any atom is -0.302 e. The van der Waals surface area contributed by atoms with E-state index in [1.807, 2.05) is 0 Å². The first kappa shape index (κ1) is 12.0. The van der Waals surface area contributed by atoms with Crippen LogP contribution in [0.1, 0.15) is 18.9 Å². The molecule has 0 saturated carbocycles. The van der Waals surface area contributed by atoms with Gasteiger partial charge in [0.2, 0.25) is 0 Å². The summed E-state index contributed by atoms with van der Waals surface area (Å²) in [4.78, 5) is 2.44. The van der Waals surface area contributed by atoms with Crippen molar-refractivity contribution in [2.24, 2.45) is 0 Å². The third-order valence-electron chi connectivity index (χ3n) is 2.24. The summed E-state index contributed by atoms with van der Waals surface area (Å²) in [7, 11) is 0. The van der Waals surface area contributed by atoms with Gasteiger partial charge in [0.05, 0.1) is 0 Å². The topological polar surface area (TPSA) is 3.24 Å². The number of thiophene rings is 1. The number of hydrogen-bond acceptors (Lipinski definition) is 2. The Kier molecular flexibility index (Phi) is 6.24. The van der Waals surface area contributed by atoms with Crippen molar-refractivity contribution in [1.29, 1.82) is 0 Å². The van der Waals surface area contributed by atoms with Crippen LogP contribution in [0.4, 0.5) is 0 Å². The third kappa shape index (κ3) is 4.45. The van der Waals surface area contributed by atoms with Crippen molar-refractivity contribution in [2.45, 2.75) is 19.8 Å². The first-order valence-electron chi connectivity index (χ1n) is 5.16. The molecule has 0 radical (unpaired) electrons. The van der Waals surface area contributed by atoms with Gasteiger partial charge in [-0.05, 0) is 41.8 Å². The quantitative estimate of drug-likeness (QED) is 0.652. The monoisotopic (exact) mass is 231 g/mol. The molecule has 0 unspecified atom stereocenters. The minimum atomic E-state index is 0.740. The van der Waals surface area contributed by atoms with Gasteiger partial charge in [-0.3, -0.25) is 0 Å². The molecule has 1 rings (SSSR count). The summed E-state index contributed by atoms with van der Waals surface area (Å²) in [5.74, 6) is 0.740. The summed E-state index contributed by atoms with van der Waals surface area (Å²) in [6, 6.07) is 2.20. The molecule has 0 aliphatic heterocycles. The lowest BCUT2D eigenvalue weighted by atomic mass is 10.2. The van der Waals surface area contributed by atoms with Gasteiger partial charge in [-0.2, -0.15) is 11.3 Å². The highest BCUT2D eigenvalue weighted by molar-refractivity contribution is 7.07. The maximum atomic E-state index is 5.75. The molecular weight excluding hydrogens is 214 g/mol. The zero-order chi connectivity index (χ0) is 10.2. The molecule has 0 saturated heterocycles. The second-order valence-corrected chi connectivity index (χ2v) is 4.57. The molecule has 80 valence electrons. The third-order valence-corrected chi connectivity index (χ3v) is 3.14. The normalized spacial score (nSPS) is 11.1. The second kappa shape index (κ2) is 7.27. The molecule has 0 aliphatic carbocycles. The van der Waals surface area contributed by atoms with Gasteiger partial charge in [0.15, 0.2) is 0 Å². The Labute approximate surface area is 95.7 Å². The summed E-state index contributed by atoms with van der Waals surface area (Å²) in [5.41, 5.74) is 1.45. The van der Waals surface area contributed by atoms with Gasteiger partial charge in [-0.1, -0.05) is 6.92 Å². The van der Waals surface area contributed by atoms with Crippen LogP contribution in [-0.4, -0.2) is 30.4 Å². The van der Waals surface area contributed by atoms with E-state index in [4.69, 9.17) is 11.6 Å². The summed E-state index contributed by atoms with van der Waals surface area (Å²) in [5, 5.41) is 4.37. The largest absolute Gasteiger partial charge is 0.302 e. The highest BCUT2D eigenvalue weighted by Gasteiger charge is 2.03. The van der Waals surface area contributed by atoms with Crippen LogP contribution in [0.25, 0.3) is 0 Å². The zero-order valence-electron chi connectivity index (χ0n) is 8.71. The lowest BCUT2D eigenvalue weighted by Gasteiger charge is -2.19. The van der Waals surface area contributed by atoms with E-state index in [2.05, 4.69) is 28.7 Å². The molecular formula is C11H18ClNS. The molecule has 0 amide bonds. The van der Waals surface area contributed by atoms with Gasteiger partial charge in [-0.15, -0.1) is 11.6 Å². The van der Waals surface area contributed by atoms with E-state index >= 15 is 0 Å². The molecule has 0 aliphatic rings. The number of hydrogen-bond donors (Lipinski definition) is 0. The van der Waals surface area contributed by atoms with Crippen molar-refractivity contribution in [3.05, 3.63) is 22.4 Å². The maximum Gasteiger partial charge on any atom is 0.0351 e. The standard InChI is InChI=1S/C11H18ClNS/c1-2-6-13(8-5-12)7-3-11-4-9-14-10-11/h4,9-10H,2-3,5-8H2,1H3. The van der Waals surface area contributed by atoms with Crippen molar-refractivity contribution in [3.8, 4) is 0 Å². The molecule has 0 fully saturated rings. The fourth-order valence-electron chi connectivity index (χ4n) is 1.49. The Morgan fingerprint density at radius 2 is 2.21 bits per heavy atom. The SMILES string of the molecule is CCCN(CCCl)CCc1ccsc1. The van der Waals surface area contributed by atoms with E-state index in [9.17, 15) is 0 Å². The molecule has 14 heavy (non-hydrogen) atoms. The van der Waals surface area contributed by atoms with E-state index in [-0.39, 0.29) is 0 Å². The first-order valence-corrected chi connectivity index (χ1v) is 6.64. The van der Waals surface area contributed by atoms with Crippen LogP contribution in [0.2, 0.25) is 0 Å². The summed E-state index contributed by atoms with van der Waals surface area (Å²) >= 11 is 7.53. The lowest BCUT2D eigenvalue weighted by Crippen LogP contribution is -2.28. The average Bonchev–Trinajstić information content (AvgIpc) is 2.67. The lowest BCUT2D eigenvalue weighted by molar-refractivity contribution is 0.294. The van der Waals surface area contributed by atoms with Crippen LogP contribution in [0, 0.1) is 0 Å². The van der Waals surface area contributed by atoms with Gasteiger partial charge >= 0.3 is 0 Å². The molecule has 1 aromatic rings. The Balaban J connectivity index is 2.25. The van der Waals surface area contributed by atoms with Gasteiger partial charge in [0.25, 0.3) is 0 Å². The van der Waals surface area contributed by atoms with Crippen LogP contribution in [0.5, 0.6) is 0 Å². The Morgan fingerprint density at radius 1 is 1.36 bits per heavy atom. The van der Waals surface area contributed by atoms with Gasteiger partial charge < -0.3 is 4.90 Å². The first-order chi connectivity index (χ1) is 6.86. The van der Waals surface area contributed by atoms with Crippen molar-refractivity contribution < 1.29 is 0 Å². The van der Waals surface area contributed by atoms with Crippen LogP contribution < -0.4 is 0 Å². The van der Waals surface area contributed by atoms with Crippen molar-refractivity contribution in [2.75, 3.05) is 25.5 Å². The van der Waals surface area contributed by atoms with Crippen molar-refractivity contribution in [1.82, 2.24) is 4.90 Å². The summed E-state index contributed by atoms with van der Waals surface area (Å²) < 4.78 is 0. The Morgan fingerprint density at radius 3 is 2.79 bits per heavy atom. The summed E-state index contributed by atoms with van der Waals surface area (Å²) in [6.45, 7) is 5.53. The van der Waals surface area contributed by atoms with E-state index < -0.39 is 0 Å². The fraction of sp³-hybridized carbons (Fsp3) is 0.636. The average molecular weight is 232 g/mol. The van der Waals surface area contributed by atoms with E-state index in [0.717, 1.165) is 31.9 Å². The highest BCUT2D eigenvalue weighted by Crippen LogP contribution is 2.07. The predicted octanol–water partition coefficient (Wildman–Crippen LogP) is 3.24. The molecule has 0 atom stereocenters. The summed E-state index contributed by atoms with van der Waals surface area (Å²) in [6.07, 6.45) is 2.36. The van der Waals surface area contributed by atoms with Crippen molar-refractivity contribution >= 4 is 22.9 Å². The van der Waals surface area contributed by atoms with Crippen LogP contribution in [0.15, 0.2) is 16.8 Å². The molecule has 3 heteroatoms. The molecule has 0 N–H and O–H groups in total. The molecule has 0 bridgehead atoms. The van der Waals surface area contributed by atoms with Crippen LogP contribution >= 0.6 is 22.9 Å². The Bertz CT molecular complexity index is 217. The van der Waals surface area contributed by atoms with Gasteiger partial charge in [-0.25, -0.2) is 0 Å². The second-order valence-electron chi connectivity index (χ2n) is 3.41. The Hall–Kier alpha value is -0.0500. The van der Waals surface area contributed by atoms with Gasteiger partial charge in [0, 0.05) is 19.0 Å².